The predicted molar refractivity (Wildman–Crippen MR) is 127 cm³/mol. The highest BCUT2D eigenvalue weighted by molar-refractivity contribution is 7.80. The van der Waals surface area contributed by atoms with Crippen LogP contribution in [0.2, 0.25) is 0 Å². The van der Waals surface area contributed by atoms with E-state index in [1.165, 1.54) is 37.4 Å². The first-order valence-electron chi connectivity index (χ1n) is 10.3. The molecule has 1 aliphatic heterocycles. The molecule has 1 heterocycles. The molecule has 0 bridgehead atoms. The molecular weight excluding hydrogens is 448 g/mol. The number of carbonyl (C=O) groups excluding carboxylic acids is 1. The van der Waals surface area contributed by atoms with E-state index in [0.29, 0.717) is 17.4 Å². The number of carboxylic acids is 1. The molecule has 0 unspecified atom stereocenters. The molecule has 0 saturated carbocycles. The maximum absolute atomic E-state index is 13.1. The van der Waals surface area contributed by atoms with Crippen LogP contribution in [0.4, 0.5) is 17.1 Å². The molecule has 1 saturated heterocycles. The van der Waals surface area contributed by atoms with Crippen LogP contribution in [0.3, 0.4) is 0 Å². The van der Waals surface area contributed by atoms with Gasteiger partial charge in [0.25, 0.3) is 11.6 Å². The van der Waals surface area contributed by atoms with Gasteiger partial charge >= 0.3 is 5.97 Å². The number of thiocarbonyl (C=S) groups is 1. The lowest BCUT2D eigenvalue weighted by Crippen LogP contribution is -2.37. The van der Waals surface area contributed by atoms with E-state index in [0.717, 1.165) is 25.9 Å². The monoisotopic (exact) mass is 472 g/mol. The number of piperidine rings is 1. The van der Waals surface area contributed by atoms with Gasteiger partial charge in [-0.25, -0.2) is 4.79 Å². The Labute approximate surface area is 195 Å². The minimum atomic E-state index is -1.13. The number of non-ortho nitro benzene ring substituents is 1. The molecule has 1 fully saturated rings. The maximum Gasteiger partial charge on any atom is 0.335 e. The molecule has 0 spiro atoms. The van der Waals surface area contributed by atoms with E-state index >= 15 is 0 Å². The van der Waals surface area contributed by atoms with E-state index in [1.54, 1.807) is 6.07 Å². The summed E-state index contributed by atoms with van der Waals surface area (Å²) < 4.78 is 5.21. The number of methoxy groups -OCH3 is 1. The van der Waals surface area contributed by atoms with E-state index in [4.69, 9.17) is 17.0 Å². The summed E-state index contributed by atoms with van der Waals surface area (Å²) in [6, 6.07) is 8.36. The summed E-state index contributed by atoms with van der Waals surface area (Å²) in [6.07, 6.45) is 1.91. The quantitative estimate of drug-likeness (QED) is 0.327. The van der Waals surface area contributed by atoms with Crippen LogP contribution in [0.15, 0.2) is 36.4 Å². The van der Waals surface area contributed by atoms with Crippen LogP contribution < -0.4 is 20.3 Å². The molecule has 2 aromatic carbocycles. The van der Waals surface area contributed by atoms with Crippen molar-refractivity contribution in [1.29, 1.82) is 0 Å². The van der Waals surface area contributed by atoms with Gasteiger partial charge in [0.05, 0.1) is 34.5 Å². The van der Waals surface area contributed by atoms with Crippen LogP contribution in [0.1, 0.15) is 40.5 Å². The largest absolute Gasteiger partial charge is 0.495 e. The highest BCUT2D eigenvalue weighted by atomic mass is 32.1. The Kier molecular flexibility index (Phi) is 7.44. The van der Waals surface area contributed by atoms with E-state index in [2.05, 4.69) is 17.6 Å². The van der Waals surface area contributed by atoms with Crippen LogP contribution in [0.25, 0.3) is 0 Å². The number of hydrogen-bond donors (Lipinski definition) is 3. The molecule has 0 aliphatic carbocycles. The number of carboxylic acid groups (broad SMARTS) is 1. The Hall–Kier alpha value is -3.73. The van der Waals surface area contributed by atoms with Crippen molar-refractivity contribution >= 4 is 46.3 Å². The van der Waals surface area contributed by atoms with Crippen molar-refractivity contribution in [3.8, 4) is 5.75 Å². The van der Waals surface area contributed by atoms with E-state index in [-0.39, 0.29) is 27.6 Å². The van der Waals surface area contributed by atoms with Gasteiger partial charge in [0.15, 0.2) is 5.11 Å². The van der Waals surface area contributed by atoms with Crippen LogP contribution in [-0.4, -0.2) is 47.2 Å². The number of nitrogens with one attached hydrogen (secondary N) is 2. The predicted octanol–water partition coefficient (Wildman–Crippen LogP) is 3.66. The Bertz CT molecular complexity index is 1100. The van der Waals surface area contributed by atoms with Crippen LogP contribution >= 0.6 is 12.2 Å². The van der Waals surface area contributed by atoms with Gasteiger partial charge in [0.1, 0.15) is 5.75 Å². The Balaban J connectivity index is 1.84. The molecule has 10 nitrogen and oxygen atoms in total. The number of carbonyl (C=O) groups is 2. The van der Waals surface area contributed by atoms with Gasteiger partial charge in [-0.05, 0) is 55.2 Å². The second-order valence-electron chi connectivity index (χ2n) is 7.76. The number of benzene rings is 2. The van der Waals surface area contributed by atoms with Crippen molar-refractivity contribution in [2.45, 2.75) is 19.8 Å². The SMILES string of the molecule is COc1ccc(C(=O)O)cc1NC(=S)NC(=O)c1cc([N+](=O)[O-])ccc1N1CCC(C)CC1. The standard InChI is InChI=1S/C22H24N4O6S/c1-13-7-9-25(10-8-13)18-5-4-15(26(30)31)12-16(18)20(27)24-22(33)23-17-11-14(21(28)29)3-6-19(17)32-2/h3-6,11-13H,7-10H2,1-2H3,(H,28,29)(H2,23,24,27,33). The molecule has 174 valence electrons. The minimum absolute atomic E-state index is 0.00715. The van der Waals surface area contributed by atoms with Crippen molar-refractivity contribution < 1.29 is 24.4 Å². The number of ether oxygens (including phenoxy) is 1. The third-order valence-electron chi connectivity index (χ3n) is 5.48. The highest BCUT2D eigenvalue weighted by Crippen LogP contribution is 2.30. The number of nitro benzene ring substituents is 1. The average molecular weight is 473 g/mol. The third-order valence-corrected chi connectivity index (χ3v) is 5.69. The van der Waals surface area contributed by atoms with Crippen LogP contribution in [-0.2, 0) is 0 Å². The number of anilines is 2. The molecule has 11 heteroatoms. The fraction of sp³-hybridized carbons (Fsp3) is 0.318. The maximum atomic E-state index is 13.1. The van der Waals surface area contributed by atoms with Crippen molar-refractivity contribution in [1.82, 2.24) is 5.32 Å². The first-order valence-corrected chi connectivity index (χ1v) is 10.7. The highest BCUT2D eigenvalue weighted by Gasteiger charge is 2.24. The number of nitro groups is 1. The van der Waals surface area contributed by atoms with Crippen molar-refractivity contribution in [2.24, 2.45) is 5.92 Å². The lowest BCUT2D eigenvalue weighted by Gasteiger charge is -2.33. The van der Waals surface area contributed by atoms with E-state index < -0.39 is 16.8 Å². The summed E-state index contributed by atoms with van der Waals surface area (Å²) in [6.45, 7) is 3.64. The van der Waals surface area contributed by atoms with E-state index in [1.807, 2.05) is 4.90 Å². The summed E-state index contributed by atoms with van der Waals surface area (Å²) in [5, 5.41) is 25.7. The van der Waals surface area contributed by atoms with Gasteiger partial charge in [-0.1, -0.05) is 6.92 Å². The molecular formula is C22H24N4O6S. The Morgan fingerprint density at radius 1 is 1.21 bits per heavy atom. The van der Waals surface area contributed by atoms with Gasteiger partial charge in [-0.15, -0.1) is 0 Å². The first kappa shape index (κ1) is 23.9. The molecule has 3 rings (SSSR count). The number of aromatic carboxylic acids is 1. The van der Waals surface area contributed by atoms with Crippen molar-refractivity contribution in [3.63, 3.8) is 0 Å². The van der Waals surface area contributed by atoms with Gasteiger partial charge in [-0.3, -0.25) is 20.2 Å². The lowest BCUT2D eigenvalue weighted by molar-refractivity contribution is -0.384. The van der Waals surface area contributed by atoms with Crippen molar-refractivity contribution in [3.05, 3.63) is 57.6 Å². The third kappa shape index (κ3) is 5.75. The topological polar surface area (TPSA) is 134 Å². The fourth-order valence-electron chi connectivity index (χ4n) is 3.61. The van der Waals surface area contributed by atoms with Gasteiger partial charge < -0.3 is 20.1 Å². The second kappa shape index (κ2) is 10.3. The van der Waals surface area contributed by atoms with Crippen LogP contribution in [0.5, 0.6) is 5.75 Å². The lowest BCUT2D eigenvalue weighted by atomic mass is 9.98. The normalized spacial score (nSPS) is 13.8. The fourth-order valence-corrected chi connectivity index (χ4v) is 3.81. The zero-order valence-electron chi connectivity index (χ0n) is 18.2. The zero-order valence-corrected chi connectivity index (χ0v) is 19.0. The summed E-state index contributed by atoms with van der Waals surface area (Å²) in [5.41, 5.74) is 0.788. The number of hydrogen-bond acceptors (Lipinski definition) is 7. The number of rotatable bonds is 6. The molecule has 0 atom stereocenters. The Morgan fingerprint density at radius 3 is 2.52 bits per heavy atom. The molecule has 33 heavy (non-hydrogen) atoms. The summed E-state index contributed by atoms with van der Waals surface area (Å²) in [4.78, 5) is 37.1. The molecule has 3 N–H and O–H groups in total. The summed E-state index contributed by atoms with van der Waals surface area (Å²) >= 11 is 5.23. The zero-order chi connectivity index (χ0) is 24.1. The summed E-state index contributed by atoms with van der Waals surface area (Å²) in [7, 11) is 1.41. The second-order valence-corrected chi connectivity index (χ2v) is 8.16. The van der Waals surface area contributed by atoms with Crippen LogP contribution in [0, 0.1) is 16.0 Å². The average Bonchev–Trinajstić information content (AvgIpc) is 2.79. The first-order chi connectivity index (χ1) is 15.7. The number of nitrogens with zero attached hydrogens (tertiary/aromatic N) is 2. The molecule has 0 aromatic heterocycles. The van der Waals surface area contributed by atoms with Crippen molar-refractivity contribution in [2.75, 3.05) is 30.4 Å². The Morgan fingerprint density at radius 2 is 1.91 bits per heavy atom. The van der Waals surface area contributed by atoms with E-state index in [9.17, 15) is 24.8 Å². The minimum Gasteiger partial charge on any atom is -0.495 e. The smallest absolute Gasteiger partial charge is 0.335 e. The number of amides is 1. The summed E-state index contributed by atoms with van der Waals surface area (Å²) in [5.74, 6) is -0.842. The molecule has 2 aromatic rings. The molecule has 0 radical (unpaired) electrons. The van der Waals surface area contributed by atoms with Gasteiger partial charge in [0.2, 0.25) is 0 Å². The van der Waals surface area contributed by atoms with Gasteiger partial charge in [-0.2, -0.15) is 0 Å². The van der Waals surface area contributed by atoms with Gasteiger partial charge in [0, 0.05) is 25.2 Å². The molecule has 1 amide bonds. The molecule has 1 aliphatic rings.